The average Bonchev–Trinajstić information content (AvgIpc) is 2.63. The highest BCUT2D eigenvalue weighted by molar-refractivity contribution is 5.26. The van der Waals surface area contributed by atoms with E-state index in [1.807, 2.05) is 11.1 Å². The molecule has 4 unspecified atom stereocenters. The van der Waals surface area contributed by atoms with Crippen molar-refractivity contribution < 1.29 is 0 Å². The lowest BCUT2D eigenvalue weighted by molar-refractivity contribution is 0.105. The molecule has 0 heteroatoms. The average molecular weight is 274 g/mol. The predicted octanol–water partition coefficient (Wildman–Crippen LogP) is 6.37. The SMILES string of the molecule is CC(C(=C1CCC1)C1CCC1)C(C)C1(C)CCCC1C. The highest BCUT2D eigenvalue weighted by atomic mass is 14.5. The fraction of sp³-hybridized carbons (Fsp3) is 0.900. The third-order valence-electron chi connectivity index (χ3n) is 7.67. The van der Waals surface area contributed by atoms with Gasteiger partial charge in [-0.1, -0.05) is 58.1 Å². The van der Waals surface area contributed by atoms with Crippen molar-refractivity contribution in [2.45, 2.75) is 85.5 Å². The van der Waals surface area contributed by atoms with Crippen molar-refractivity contribution in [1.29, 1.82) is 0 Å². The first-order valence-electron chi connectivity index (χ1n) is 9.26. The van der Waals surface area contributed by atoms with E-state index in [9.17, 15) is 0 Å². The lowest BCUT2D eigenvalue weighted by atomic mass is 9.60. The second-order valence-electron chi connectivity index (χ2n) is 8.42. The lowest BCUT2D eigenvalue weighted by Gasteiger charge is -2.45. The molecule has 0 radical (unpaired) electrons. The van der Waals surface area contributed by atoms with Crippen LogP contribution in [0.25, 0.3) is 0 Å². The van der Waals surface area contributed by atoms with Crippen LogP contribution in [0, 0.1) is 29.1 Å². The van der Waals surface area contributed by atoms with E-state index in [-0.39, 0.29) is 0 Å². The monoisotopic (exact) mass is 274 g/mol. The summed E-state index contributed by atoms with van der Waals surface area (Å²) in [5.74, 6) is 3.60. The van der Waals surface area contributed by atoms with Gasteiger partial charge in [-0.15, -0.1) is 0 Å². The second-order valence-corrected chi connectivity index (χ2v) is 8.42. The van der Waals surface area contributed by atoms with Crippen molar-refractivity contribution in [3.05, 3.63) is 11.1 Å². The number of rotatable bonds is 4. The molecule has 0 aromatic rings. The van der Waals surface area contributed by atoms with Gasteiger partial charge in [-0.05, 0) is 67.6 Å². The van der Waals surface area contributed by atoms with Gasteiger partial charge in [0.05, 0.1) is 0 Å². The molecule has 0 heterocycles. The summed E-state index contributed by atoms with van der Waals surface area (Å²) >= 11 is 0. The Hall–Kier alpha value is -0.260. The van der Waals surface area contributed by atoms with Gasteiger partial charge in [-0.3, -0.25) is 0 Å². The quantitative estimate of drug-likeness (QED) is 0.523. The first kappa shape index (κ1) is 14.7. The highest BCUT2D eigenvalue weighted by Gasteiger charge is 2.44. The van der Waals surface area contributed by atoms with Crippen molar-refractivity contribution in [3.63, 3.8) is 0 Å². The maximum absolute atomic E-state index is 2.59. The Bertz CT molecular complexity index is 381. The van der Waals surface area contributed by atoms with Gasteiger partial charge in [0.1, 0.15) is 0 Å². The minimum Gasteiger partial charge on any atom is -0.0704 e. The number of allylic oxidation sites excluding steroid dienone is 2. The Morgan fingerprint density at radius 2 is 1.75 bits per heavy atom. The first-order chi connectivity index (χ1) is 9.54. The molecule has 4 atom stereocenters. The molecule has 0 aromatic heterocycles. The second kappa shape index (κ2) is 5.50. The molecule has 3 saturated carbocycles. The molecule has 0 spiro atoms. The summed E-state index contributed by atoms with van der Waals surface area (Å²) in [6.45, 7) is 10.2. The van der Waals surface area contributed by atoms with Gasteiger partial charge in [0.2, 0.25) is 0 Å². The molecule has 0 N–H and O–H groups in total. The largest absolute Gasteiger partial charge is 0.0704 e. The van der Waals surface area contributed by atoms with E-state index in [0.717, 1.165) is 23.7 Å². The molecule has 3 rings (SSSR count). The Morgan fingerprint density at radius 1 is 1.05 bits per heavy atom. The van der Waals surface area contributed by atoms with Crippen LogP contribution in [0.1, 0.15) is 85.5 Å². The van der Waals surface area contributed by atoms with E-state index in [4.69, 9.17) is 0 Å². The highest BCUT2D eigenvalue weighted by Crippen LogP contribution is 2.54. The van der Waals surface area contributed by atoms with Crippen LogP contribution in [0.4, 0.5) is 0 Å². The van der Waals surface area contributed by atoms with Crippen LogP contribution in [0.3, 0.4) is 0 Å². The van der Waals surface area contributed by atoms with E-state index in [1.165, 1.54) is 57.8 Å². The van der Waals surface area contributed by atoms with Crippen LogP contribution in [-0.2, 0) is 0 Å². The summed E-state index contributed by atoms with van der Waals surface area (Å²) in [5, 5.41) is 0. The third-order valence-corrected chi connectivity index (χ3v) is 7.67. The van der Waals surface area contributed by atoms with E-state index in [0.29, 0.717) is 5.41 Å². The Balaban J connectivity index is 1.80. The summed E-state index contributed by atoms with van der Waals surface area (Å²) in [4.78, 5) is 0. The zero-order chi connectivity index (χ0) is 14.3. The van der Waals surface area contributed by atoms with E-state index >= 15 is 0 Å². The van der Waals surface area contributed by atoms with Gasteiger partial charge in [-0.2, -0.15) is 0 Å². The van der Waals surface area contributed by atoms with Gasteiger partial charge >= 0.3 is 0 Å². The molecule has 0 aromatic carbocycles. The van der Waals surface area contributed by atoms with Crippen molar-refractivity contribution in [3.8, 4) is 0 Å². The van der Waals surface area contributed by atoms with Gasteiger partial charge < -0.3 is 0 Å². The van der Waals surface area contributed by atoms with Crippen molar-refractivity contribution in [1.82, 2.24) is 0 Å². The van der Waals surface area contributed by atoms with E-state index in [2.05, 4.69) is 27.7 Å². The van der Waals surface area contributed by atoms with E-state index in [1.54, 1.807) is 0 Å². The number of hydrogen-bond donors (Lipinski definition) is 0. The lowest BCUT2D eigenvalue weighted by Crippen LogP contribution is -2.35. The summed E-state index contributed by atoms with van der Waals surface area (Å²) < 4.78 is 0. The van der Waals surface area contributed by atoms with E-state index < -0.39 is 0 Å². The van der Waals surface area contributed by atoms with Gasteiger partial charge in [0, 0.05) is 0 Å². The molecular weight excluding hydrogens is 240 g/mol. The molecule has 3 aliphatic rings. The molecule has 20 heavy (non-hydrogen) atoms. The molecular formula is C20H34. The topological polar surface area (TPSA) is 0 Å². The molecule has 0 saturated heterocycles. The zero-order valence-electron chi connectivity index (χ0n) is 14.2. The summed E-state index contributed by atoms with van der Waals surface area (Å²) in [6.07, 6.45) is 13.2. The minimum absolute atomic E-state index is 0.596. The fourth-order valence-electron chi connectivity index (χ4n) is 5.23. The first-order valence-corrected chi connectivity index (χ1v) is 9.26. The molecule has 0 aliphatic heterocycles. The van der Waals surface area contributed by atoms with Crippen LogP contribution in [0.5, 0.6) is 0 Å². The minimum atomic E-state index is 0.596. The van der Waals surface area contributed by atoms with Gasteiger partial charge in [-0.25, -0.2) is 0 Å². The van der Waals surface area contributed by atoms with Gasteiger partial charge in [0.15, 0.2) is 0 Å². The van der Waals surface area contributed by atoms with Crippen LogP contribution >= 0.6 is 0 Å². The maximum Gasteiger partial charge on any atom is -0.0195 e. The van der Waals surface area contributed by atoms with Crippen LogP contribution in [0.2, 0.25) is 0 Å². The van der Waals surface area contributed by atoms with Crippen LogP contribution in [0.15, 0.2) is 11.1 Å². The van der Waals surface area contributed by atoms with Crippen LogP contribution < -0.4 is 0 Å². The molecule has 0 nitrogen and oxygen atoms in total. The summed E-state index contributed by atoms with van der Waals surface area (Å²) in [5.41, 5.74) is 4.41. The van der Waals surface area contributed by atoms with Gasteiger partial charge in [0.25, 0.3) is 0 Å². The zero-order valence-corrected chi connectivity index (χ0v) is 14.2. The summed E-state index contributed by atoms with van der Waals surface area (Å²) in [7, 11) is 0. The number of hydrogen-bond acceptors (Lipinski definition) is 0. The fourth-order valence-corrected chi connectivity index (χ4v) is 5.23. The molecule has 0 amide bonds. The maximum atomic E-state index is 2.59. The Kier molecular flexibility index (Phi) is 4.04. The predicted molar refractivity (Wildman–Crippen MR) is 87.7 cm³/mol. The molecule has 3 aliphatic carbocycles. The van der Waals surface area contributed by atoms with Crippen molar-refractivity contribution in [2.24, 2.45) is 29.1 Å². The van der Waals surface area contributed by atoms with Crippen LogP contribution in [-0.4, -0.2) is 0 Å². The van der Waals surface area contributed by atoms with Crippen molar-refractivity contribution >= 4 is 0 Å². The Labute approximate surface area is 126 Å². The molecule has 3 fully saturated rings. The normalized spacial score (nSPS) is 37.2. The molecule has 114 valence electrons. The van der Waals surface area contributed by atoms with Crippen molar-refractivity contribution in [2.75, 3.05) is 0 Å². The Morgan fingerprint density at radius 3 is 2.15 bits per heavy atom. The third kappa shape index (κ3) is 2.28. The smallest absolute Gasteiger partial charge is 0.0195 e. The molecule has 0 bridgehead atoms. The standard InChI is InChI=1S/C20H34/c1-14-8-7-13-20(14,4)16(3)15(2)19(17-9-5-10-17)18-11-6-12-18/h14-17H,5-13H2,1-4H3. The summed E-state index contributed by atoms with van der Waals surface area (Å²) in [6, 6.07) is 0.